The zero-order chi connectivity index (χ0) is 14.3. The summed E-state index contributed by atoms with van der Waals surface area (Å²) in [5, 5.41) is 0. The van der Waals surface area contributed by atoms with E-state index < -0.39 is 7.82 Å². The summed E-state index contributed by atoms with van der Waals surface area (Å²) in [4.78, 5) is 0. The molecule has 0 bridgehead atoms. The van der Waals surface area contributed by atoms with Gasteiger partial charge in [-0.1, -0.05) is 24.3 Å². The van der Waals surface area contributed by atoms with Crippen LogP contribution in [0.5, 0.6) is 5.75 Å². The molecule has 1 aromatic carbocycles. The van der Waals surface area contributed by atoms with Gasteiger partial charge >= 0.3 is 7.82 Å². The molecule has 0 amide bonds. The van der Waals surface area contributed by atoms with Gasteiger partial charge < -0.3 is 4.52 Å². The predicted octanol–water partition coefficient (Wildman–Crippen LogP) is 4.97. The van der Waals surface area contributed by atoms with Crippen LogP contribution in [0.4, 0.5) is 0 Å². The fourth-order valence-electron chi connectivity index (χ4n) is 1.49. The van der Waals surface area contributed by atoms with Gasteiger partial charge in [0.2, 0.25) is 0 Å². The Morgan fingerprint density at radius 2 is 1.79 bits per heavy atom. The molecule has 104 valence electrons. The Morgan fingerprint density at radius 1 is 1.16 bits per heavy atom. The van der Waals surface area contributed by atoms with Crippen LogP contribution in [0, 0.1) is 0 Å². The quantitative estimate of drug-likeness (QED) is 0.500. The summed E-state index contributed by atoms with van der Waals surface area (Å²) in [6.07, 6.45) is 4.70. The Balaban J connectivity index is 3.08. The van der Waals surface area contributed by atoms with Crippen molar-refractivity contribution in [3.05, 3.63) is 54.6 Å². The maximum Gasteiger partial charge on any atom is 0.563 e. The van der Waals surface area contributed by atoms with Crippen molar-refractivity contribution < 1.29 is 17.2 Å². The van der Waals surface area contributed by atoms with Crippen molar-refractivity contribution >= 4 is 31.6 Å². The smallest absolute Gasteiger partial charge is 0.402 e. The number of hydrogen-bond donors (Lipinski definition) is 0. The van der Waals surface area contributed by atoms with Crippen LogP contribution in [0.3, 0.4) is 0 Å². The normalized spacial score (nSPS) is 11.1. The highest BCUT2D eigenvalue weighted by Gasteiger charge is 2.29. The molecule has 7 heteroatoms. The van der Waals surface area contributed by atoms with E-state index >= 15 is 0 Å². The van der Waals surface area contributed by atoms with Crippen molar-refractivity contribution in [2.75, 3.05) is 0 Å². The predicted molar refractivity (Wildman–Crippen MR) is 76.4 cm³/mol. The molecule has 0 fully saturated rings. The largest absolute Gasteiger partial charge is 0.563 e. The maximum atomic E-state index is 11.7. The minimum atomic E-state index is -4.01. The van der Waals surface area contributed by atoms with Gasteiger partial charge in [0.1, 0.15) is 5.75 Å². The van der Waals surface area contributed by atoms with Gasteiger partial charge in [-0.05, 0) is 30.0 Å². The van der Waals surface area contributed by atoms with E-state index in [4.69, 9.17) is 28.3 Å². The first kappa shape index (κ1) is 16.3. The number of hydrogen-bond acceptors (Lipinski definition) is 4. The van der Waals surface area contributed by atoms with E-state index in [1.54, 1.807) is 24.3 Å². The first-order valence-electron chi connectivity index (χ1n) is 5.32. The molecule has 0 saturated heterocycles. The summed E-state index contributed by atoms with van der Waals surface area (Å²) >= 11 is 10.1. The highest BCUT2D eigenvalue weighted by Crippen LogP contribution is 2.52. The van der Waals surface area contributed by atoms with Gasteiger partial charge in [0.15, 0.2) is 0 Å². The van der Waals surface area contributed by atoms with Gasteiger partial charge in [-0.25, -0.2) is 4.57 Å². The Labute approximate surface area is 122 Å². The lowest BCUT2D eigenvalue weighted by atomic mass is 10.0. The second-order valence-corrected chi connectivity index (χ2v) is 5.79. The van der Waals surface area contributed by atoms with Crippen LogP contribution in [0.15, 0.2) is 43.5 Å². The van der Waals surface area contributed by atoms with Gasteiger partial charge in [0, 0.05) is 0 Å². The Morgan fingerprint density at radius 3 is 2.32 bits per heavy atom. The molecule has 0 N–H and O–H groups in total. The molecule has 0 saturated carbocycles. The fourth-order valence-corrected chi connectivity index (χ4v) is 2.41. The Hall–Kier alpha value is -0.770. The van der Waals surface area contributed by atoms with Crippen LogP contribution in [0.1, 0.15) is 11.1 Å². The van der Waals surface area contributed by atoms with Crippen molar-refractivity contribution in [2.24, 2.45) is 0 Å². The highest BCUT2D eigenvalue weighted by molar-refractivity contribution is 7.50. The van der Waals surface area contributed by atoms with Crippen molar-refractivity contribution in [2.45, 2.75) is 12.8 Å². The molecule has 0 atom stereocenters. The Kier molecular flexibility index (Phi) is 6.63. The van der Waals surface area contributed by atoms with Gasteiger partial charge in [0.05, 0.1) is 23.7 Å². The number of benzene rings is 1. The summed E-state index contributed by atoms with van der Waals surface area (Å²) in [7, 11) is -4.01. The topological polar surface area (TPSA) is 44.8 Å². The molecular formula is C12H13Cl2O4P. The third-order valence-electron chi connectivity index (χ3n) is 2.25. The maximum absolute atomic E-state index is 11.7. The third-order valence-corrected chi connectivity index (χ3v) is 4.02. The van der Waals surface area contributed by atoms with Crippen molar-refractivity contribution in [1.82, 2.24) is 0 Å². The van der Waals surface area contributed by atoms with Crippen molar-refractivity contribution in [1.29, 1.82) is 0 Å². The van der Waals surface area contributed by atoms with Crippen LogP contribution < -0.4 is 4.52 Å². The summed E-state index contributed by atoms with van der Waals surface area (Å²) in [5.41, 5.74) is 1.80. The molecular weight excluding hydrogens is 310 g/mol. The average Bonchev–Trinajstić information content (AvgIpc) is 2.42. The van der Waals surface area contributed by atoms with E-state index in [-0.39, 0.29) is 0 Å². The summed E-state index contributed by atoms with van der Waals surface area (Å²) in [6, 6.07) is 5.32. The monoisotopic (exact) mass is 322 g/mol. The van der Waals surface area contributed by atoms with Gasteiger partial charge in [0.25, 0.3) is 0 Å². The highest BCUT2D eigenvalue weighted by atomic mass is 35.5. The van der Waals surface area contributed by atoms with Crippen LogP contribution >= 0.6 is 31.6 Å². The molecule has 0 radical (unpaired) electrons. The molecule has 1 aromatic rings. The summed E-state index contributed by atoms with van der Waals surface area (Å²) in [5.74, 6) is 0.303. The lowest BCUT2D eigenvalue weighted by molar-refractivity contribution is 0.317. The first-order valence-corrected chi connectivity index (χ1v) is 7.40. The van der Waals surface area contributed by atoms with Crippen LogP contribution in [0.25, 0.3) is 0 Å². The van der Waals surface area contributed by atoms with E-state index in [1.807, 2.05) is 6.07 Å². The third kappa shape index (κ3) is 4.68. The molecule has 0 aromatic heterocycles. The molecule has 0 aliphatic rings. The van der Waals surface area contributed by atoms with Crippen LogP contribution in [-0.4, -0.2) is 0 Å². The molecule has 1 rings (SSSR count). The minimum absolute atomic E-state index is 0.303. The molecule has 0 aliphatic carbocycles. The molecule has 0 spiro atoms. The van der Waals surface area contributed by atoms with E-state index in [9.17, 15) is 4.57 Å². The first-order chi connectivity index (χ1) is 9.08. The zero-order valence-corrected chi connectivity index (χ0v) is 12.5. The van der Waals surface area contributed by atoms with Crippen molar-refractivity contribution in [3.63, 3.8) is 0 Å². The average molecular weight is 323 g/mol. The van der Waals surface area contributed by atoms with E-state index in [1.165, 1.54) is 0 Å². The lowest BCUT2D eigenvalue weighted by Gasteiger charge is -2.14. The van der Waals surface area contributed by atoms with Gasteiger partial charge in [-0.2, -0.15) is 8.15 Å². The van der Waals surface area contributed by atoms with E-state index in [2.05, 4.69) is 21.3 Å². The second-order valence-electron chi connectivity index (χ2n) is 3.60. The van der Waals surface area contributed by atoms with Crippen LogP contribution in [0.2, 0.25) is 0 Å². The number of halogens is 2. The van der Waals surface area contributed by atoms with Crippen LogP contribution in [-0.2, 0) is 25.6 Å². The molecule has 0 unspecified atom stereocenters. The molecule has 0 aliphatic heterocycles. The van der Waals surface area contributed by atoms with E-state index in [0.29, 0.717) is 18.6 Å². The van der Waals surface area contributed by atoms with E-state index in [0.717, 1.165) is 11.1 Å². The summed E-state index contributed by atoms with van der Waals surface area (Å²) < 4.78 is 25.0. The second kappa shape index (κ2) is 7.73. The molecule has 19 heavy (non-hydrogen) atoms. The fraction of sp³-hybridized carbons (Fsp3) is 0.167. The molecule has 4 nitrogen and oxygen atoms in total. The minimum Gasteiger partial charge on any atom is -0.402 e. The Bertz CT molecular complexity index is 497. The van der Waals surface area contributed by atoms with Crippen molar-refractivity contribution in [3.8, 4) is 5.75 Å². The summed E-state index contributed by atoms with van der Waals surface area (Å²) in [6.45, 7) is 7.32. The molecule has 0 heterocycles. The lowest BCUT2D eigenvalue weighted by Crippen LogP contribution is -1.97. The number of allylic oxidation sites excluding steroid dienone is 2. The number of phosphoric acid groups is 1. The SMILES string of the molecule is C=CCc1ccc(OP(=O)(OCl)OCl)c(CC=C)c1. The zero-order valence-electron chi connectivity index (χ0n) is 10.1. The standard InChI is InChI=1S/C12H13Cl2O4P/c1-3-5-10-7-8-12(11(9-10)6-4-2)16-19(15,17-13)18-14/h3-4,7-9H,1-2,5-6H2. The van der Waals surface area contributed by atoms with Gasteiger partial charge in [-0.3, -0.25) is 0 Å². The number of rotatable bonds is 8. The van der Waals surface area contributed by atoms with Gasteiger partial charge in [-0.15, -0.1) is 13.2 Å².